The van der Waals surface area contributed by atoms with Crippen molar-refractivity contribution in [3.05, 3.63) is 17.5 Å². The maximum Gasteiger partial charge on any atom is 0.163 e. The molecule has 0 aliphatic heterocycles. The quantitative estimate of drug-likeness (QED) is 0.590. The largest absolute Gasteiger partial charge is 0.506 e. The van der Waals surface area contributed by atoms with Crippen molar-refractivity contribution in [2.75, 3.05) is 12.3 Å². The first-order valence-electron chi connectivity index (χ1n) is 4.35. The van der Waals surface area contributed by atoms with Crippen LogP contribution in [0.4, 0.5) is 5.69 Å². The van der Waals surface area contributed by atoms with Crippen LogP contribution in [0.3, 0.4) is 0 Å². The van der Waals surface area contributed by atoms with Crippen LogP contribution in [-0.4, -0.2) is 11.7 Å². The highest BCUT2D eigenvalue weighted by Gasteiger charge is 2.12. The molecular formula is C10H11NO2S. The van der Waals surface area contributed by atoms with Crippen LogP contribution in [0.2, 0.25) is 0 Å². The highest BCUT2D eigenvalue weighted by atomic mass is 32.1. The number of hydrogen-bond acceptors (Lipinski definition) is 4. The van der Waals surface area contributed by atoms with E-state index in [-0.39, 0.29) is 5.75 Å². The molecule has 1 aromatic carbocycles. The molecule has 0 aliphatic carbocycles. The van der Waals surface area contributed by atoms with Gasteiger partial charge >= 0.3 is 0 Å². The van der Waals surface area contributed by atoms with E-state index in [0.717, 1.165) is 10.1 Å². The zero-order chi connectivity index (χ0) is 10.1. The number of benzene rings is 1. The third-order valence-electron chi connectivity index (χ3n) is 2.00. The van der Waals surface area contributed by atoms with E-state index in [1.807, 2.05) is 18.4 Å². The molecule has 0 amide bonds. The lowest BCUT2D eigenvalue weighted by Crippen LogP contribution is -1.97. The predicted octanol–water partition coefficient (Wildman–Crippen LogP) is 2.59. The number of fused-ring (bicyclic) bond motifs is 1. The molecule has 2 aromatic rings. The number of aromatic hydroxyl groups is 1. The van der Waals surface area contributed by atoms with E-state index in [4.69, 9.17) is 10.5 Å². The molecule has 3 N–H and O–H groups in total. The van der Waals surface area contributed by atoms with Crippen LogP contribution in [-0.2, 0) is 0 Å². The van der Waals surface area contributed by atoms with Crippen molar-refractivity contribution in [3.63, 3.8) is 0 Å². The SMILES string of the molecule is CCOc1c(N)c(O)cc2ccsc12. The maximum absolute atomic E-state index is 9.54. The lowest BCUT2D eigenvalue weighted by atomic mass is 10.2. The van der Waals surface area contributed by atoms with Crippen molar-refractivity contribution in [1.82, 2.24) is 0 Å². The molecule has 0 radical (unpaired) electrons. The maximum atomic E-state index is 9.54. The first-order chi connectivity index (χ1) is 6.74. The predicted molar refractivity (Wildman–Crippen MR) is 59.1 cm³/mol. The van der Waals surface area contributed by atoms with E-state index in [2.05, 4.69) is 0 Å². The second-order valence-electron chi connectivity index (χ2n) is 2.91. The van der Waals surface area contributed by atoms with Gasteiger partial charge in [-0.2, -0.15) is 0 Å². The Morgan fingerprint density at radius 2 is 2.36 bits per heavy atom. The topological polar surface area (TPSA) is 55.5 Å². The van der Waals surface area contributed by atoms with E-state index >= 15 is 0 Å². The van der Waals surface area contributed by atoms with Gasteiger partial charge in [-0.3, -0.25) is 0 Å². The third kappa shape index (κ3) is 1.28. The highest BCUT2D eigenvalue weighted by Crippen LogP contribution is 2.41. The number of rotatable bonds is 2. The fourth-order valence-electron chi connectivity index (χ4n) is 1.37. The first kappa shape index (κ1) is 9.15. The Kier molecular flexibility index (Phi) is 2.21. The molecular weight excluding hydrogens is 198 g/mol. The number of ether oxygens (including phenoxy) is 1. The molecule has 14 heavy (non-hydrogen) atoms. The van der Waals surface area contributed by atoms with Crippen molar-refractivity contribution in [1.29, 1.82) is 0 Å². The Bertz CT molecular complexity index is 464. The van der Waals surface area contributed by atoms with Crippen LogP contribution in [0.5, 0.6) is 11.5 Å². The van der Waals surface area contributed by atoms with Crippen LogP contribution < -0.4 is 10.5 Å². The minimum absolute atomic E-state index is 0.0827. The van der Waals surface area contributed by atoms with E-state index in [9.17, 15) is 5.11 Å². The van der Waals surface area contributed by atoms with Gasteiger partial charge in [0.05, 0.1) is 11.3 Å². The zero-order valence-electron chi connectivity index (χ0n) is 7.78. The fourth-order valence-corrected chi connectivity index (χ4v) is 2.26. The van der Waals surface area contributed by atoms with Gasteiger partial charge in [0.2, 0.25) is 0 Å². The van der Waals surface area contributed by atoms with E-state index in [1.165, 1.54) is 0 Å². The fraction of sp³-hybridized carbons (Fsp3) is 0.200. The molecule has 4 heteroatoms. The Balaban J connectivity index is 2.73. The third-order valence-corrected chi connectivity index (χ3v) is 2.93. The summed E-state index contributed by atoms with van der Waals surface area (Å²) in [6.45, 7) is 2.43. The molecule has 0 atom stereocenters. The summed E-state index contributed by atoms with van der Waals surface area (Å²) in [6.07, 6.45) is 0. The van der Waals surface area contributed by atoms with Gasteiger partial charge < -0.3 is 15.6 Å². The lowest BCUT2D eigenvalue weighted by Gasteiger charge is -2.09. The summed E-state index contributed by atoms with van der Waals surface area (Å²) < 4.78 is 6.40. The van der Waals surface area contributed by atoms with Crippen molar-refractivity contribution in [2.45, 2.75) is 6.92 Å². The molecule has 0 fully saturated rings. The van der Waals surface area contributed by atoms with Crippen LogP contribution >= 0.6 is 11.3 Å². The first-order valence-corrected chi connectivity index (χ1v) is 5.23. The Labute approximate surface area is 85.7 Å². The van der Waals surface area contributed by atoms with Gasteiger partial charge in [0, 0.05) is 5.39 Å². The van der Waals surface area contributed by atoms with E-state index in [1.54, 1.807) is 17.4 Å². The summed E-state index contributed by atoms with van der Waals surface area (Å²) in [5.41, 5.74) is 6.05. The number of thiophene rings is 1. The highest BCUT2D eigenvalue weighted by molar-refractivity contribution is 7.17. The Morgan fingerprint density at radius 3 is 3.07 bits per heavy atom. The normalized spacial score (nSPS) is 10.6. The molecule has 74 valence electrons. The Hall–Kier alpha value is -1.42. The summed E-state index contributed by atoms with van der Waals surface area (Å²) in [5, 5.41) is 12.5. The Morgan fingerprint density at radius 1 is 1.57 bits per heavy atom. The van der Waals surface area contributed by atoms with Gasteiger partial charge in [-0.05, 0) is 24.4 Å². The number of nitrogen functional groups attached to an aromatic ring is 1. The molecule has 0 bridgehead atoms. The van der Waals surface area contributed by atoms with Crippen LogP contribution in [0.1, 0.15) is 6.92 Å². The number of phenolic OH excluding ortho intramolecular Hbond substituents is 1. The average Bonchev–Trinajstić information content (AvgIpc) is 2.60. The number of phenols is 1. The summed E-state index contributed by atoms with van der Waals surface area (Å²) in [6, 6.07) is 3.59. The summed E-state index contributed by atoms with van der Waals surface area (Å²) in [4.78, 5) is 0. The molecule has 3 nitrogen and oxygen atoms in total. The number of hydrogen-bond donors (Lipinski definition) is 2. The molecule has 0 unspecified atom stereocenters. The average molecular weight is 209 g/mol. The van der Waals surface area contributed by atoms with E-state index < -0.39 is 0 Å². The molecule has 0 aliphatic rings. The van der Waals surface area contributed by atoms with Crippen molar-refractivity contribution in [2.24, 2.45) is 0 Å². The molecule has 1 heterocycles. The summed E-state index contributed by atoms with van der Waals surface area (Å²) in [7, 11) is 0. The van der Waals surface area contributed by atoms with Gasteiger partial charge in [-0.15, -0.1) is 11.3 Å². The van der Waals surface area contributed by atoms with Gasteiger partial charge in [0.25, 0.3) is 0 Å². The van der Waals surface area contributed by atoms with Crippen LogP contribution in [0.15, 0.2) is 17.5 Å². The zero-order valence-corrected chi connectivity index (χ0v) is 8.60. The van der Waals surface area contributed by atoms with Crippen molar-refractivity contribution >= 4 is 27.1 Å². The van der Waals surface area contributed by atoms with E-state index in [0.29, 0.717) is 18.0 Å². The minimum Gasteiger partial charge on any atom is -0.506 e. The second-order valence-corrected chi connectivity index (χ2v) is 3.83. The van der Waals surface area contributed by atoms with Crippen LogP contribution in [0.25, 0.3) is 10.1 Å². The van der Waals surface area contributed by atoms with Crippen molar-refractivity contribution < 1.29 is 9.84 Å². The lowest BCUT2D eigenvalue weighted by molar-refractivity contribution is 0.344. The molecule has 0 saturated carbocycles. The second kappa shape index (κ2) is 3.38. The van der Waals surface area contributed by atoms with Gasteiger partial charge in [-0.1, -0.05) is 0 Å². The van der Waals surface area contributed by atoms with Crippen LogP contribution in [0, 0.1) is 0 Å². The van der Waals surface area contributed by atoms with Gasteiger partial charge in [0.1, 0.15) is 11.4 Å². The van der Waals surface area contributed by atoms with Gasteiger partial charge in [-0.25, -0.2) is 0 Å². The molecule has 0 spiro atoms. The van der Waals surface area contributed by atoms with Crippen molar-refractivity contribution in [3.8, 4) is 11.5 Å². The molecule has 1 aromatic heterocycles. The monoisotopic (exact) mass is 209 g/mol. The summed E-state index contributed by atoms with van der Waals surface area (Å²) in [5.74, 6) is 0.678. The number of nitrogens with two attached hydrogens (primary N) is 1. The smallest absolute Gasteiger partial charge is 0.163 e. The number of anilines is 1. The minimum atomic E-state index is 0.0827. The summed E-state index contributed by atoms with van der Waals surface area (Å²) >= 11 is 1.56. The molecule has 0 saturated heterocycles. The van der Waals surface area contributed by atoms with Gasteiger partial charge in [0.15, 0.2) is 5.75 Å². The molecule has 2 rings (SSSR count). The standard InChI is InChI=1S/C10H11NO2S/c1-2-13-9-8(11)7(12)5-6-3-4-14-10(6)9/h3-5,12H,2,11H2,1H3.